The van der Waals surface area contributed by atoms with E-state index in [9.17, 15) is 9.59 Å². The van der Waals surface area contributed by atoms with Crippen molar-refractivity contribution in [3.8, 4) is 11.3 Å². The first kappa shape index (κ1) is 28.1. The Morgan fingerprint density at radius 3 is 2.60 bits per heavy atom. The number of amides is 2. The van der Waals surface area contributed by atoms with Crippen molar-refractivity contribution >= 4 is 46.8 Å². The minimum atomic E-state index is -0.701. The number of hydrogen-bond acceptors (Lipinski definition) is 8. The van der Waals surface area contributed by atoms with Gasteiger partial charge in [-0.15, -0.1) is 0 Å². The molecule has 3 aromatic rings. The van der Waals surface area contributed by atoms with Gasteiger partial charge in [-0.05, 0) is 49.9 Å². The van der Waals surface area contributed by atoms with E-state index in [0.717, 1.165) is 24.0 Å². The fourth-order valence-corrected chi connectivity index (χ4v) is 5.39. The van der Waals surface area contributed by atoms with Crippen LogP contribution in [0, 0.1) is 0 Å². The van der Waals surface area contributed by atoms with Gasteiger partial charge >= 0.3 is 0 Å². The molecule has 0 radical (unpaired) electrons. The molecule has 4 heterocycles. The summed E-state index contributed by atoms with van der Waals surface area (Å²) < 4.78 is 5.42. The number of ether oxygens (including phenoxy) is 1. The standard InChI is InChI=1S/C28H31Cl2N7O3/c1-15(20-11-24(31-3)32-12-22(20)29)34-26(38)16(2)37-14-18-5-4-17(10-21(18)27(37)39)25-23(30)13-33-28(36-25)35-19-6-8-40-9-7-19/h4-5,10-13,15-16,19H,6-9,14H2,1-3H3,(H,31,32)(H,34,38)(H,33,35,36)/t15-,16-/m1/s1. The first-order chi connectivity index (χ1) is 19.2. The van der Waals surface area contributed by atoms with E-state index in [1.54, 1.807) is 43.4 Å². The third-order valence-electron chi connectivity index (χ3n) is 7.33. The van der Waals surface area contributed by atoms with Crippen LogP contribution in [0.1, 0.15) is 54.2 Å². The number of nitrogens with zero attached hydrogens (tertiary/aromatic N) is 4. The average Bonchev–Trinajstić information content (AvgIpc) is 3.29. The molecule has 1 aromatic carbocycles. The molecule has 0 bridgehead atoms. The molecule has 2 atom stereocenters. The molecule has 12 heteroatoms. The Morgan fingerprint density at radius 2 is 1.85 bits per heavy atom. The van der Waals surface area contributed by atoms with Crippen molar-refractivity contribution in [3.05, 3.63) is 63.4 Å². The zero-order chi connectivity index (χ0) is 28.4. The van der Waals surface area contributed by atoms with E-state index in [1.807, 2.05) is 19.1 Å². The van der Waals surface area contributed by atoms with E-state index in [4.69, 9.17) is 27.9 Å². The largest absolute Gasteiger partial charge is 0.381 e. The molecular weight excluding hydrogens is 553 g/mol. The van der Waals surface area contributed by atoms with Crippen molar-refractivity contribution in [2.45, 2.75) is 51.4 Å². The summed E-state index contributed by atoms with van der Waals surface area (Å²) in [6.45, 7) is 5.28. The Kier molecular flexibility index (Phi) is 8.39. The van der Waals surface area contributed by atoms with E-state index >= 15 is 0 Å². The lowest BCUT2D eigenvalue weighted by molar-refractivity contribution is -0.125. The predicted octanol–water partition coefficient (Wildman–Crippen LogP) is 4.70. The van der Waals surface area contributed by atoms with Crippen molar-refractivity contribution in [2.75, 3.05) is 30.9 Å². The summed E-state index contributed by atoms with van der Waals surface area (Å²) in [7, 11) is 1.76. The van der Waals surface area contributed by atoms with Crippen LogP contribution < -0.4 is 16.0 Å². The number of nitrogens with one attached hydrogen (secondary N) is 3. The van der Waals surface area contributed by atoms with Crippen LogP contribution in [0.3, 0.4) is 0 Å². The summed E-state index contributed by atoms with van der Waals surface area (Å²) in [5.74, 6) is 0.618. The van der Waals surface area contributed by atoms with Crippen LogP contribution in [-0.4, -0.2) is 64.0 Å². The van der Waals surface area contributed by atoms with Crippen LogP contribution in [0.5, 0.6) is 0 Å². The average molecular weight is 585 g/mol. The molecular formula is C28H31Cl2N7O3. The fourth-order valence-electron chi connectivity index (χ4n) is 4.92. The molecule has 2 aromatic heterocycles. The van der Waals surface area contributed by atoms with Gasteiger partial charge in [0.05, 0.1) is 28.0 Å². The molecule has 2 aliphatic rings. The molecule has 1 saturated heterocycles. The molecule has 40 heavy (non-hydrogen) atoms. The minimum Gasteiger partial charge on any atom is -0.381 e. The van der Waals surface area contributed by atoms with Crippen LogP contribution in [0.25, 0.3) is 11.3 Å². The topological polar surface area (TPSA) is 121 Å². The number of halogens is 2. The van der Waals surface area contributed by atoms with Crippen LogP contribution in [0.15, 0.2) is 36.7 Å². The van der Waals surface area contributed by atoms with E-state index in [-0.39, 0.29) is 23.9 Å². The highest BCUT2D eigenvalue weighted by Crippen LogP contribution is 2.33. The van der Waals surface area contributed by atoms with Gasteiger partial charge in [0.15, 0.2) is 0 Å². The third-order valence-corrected chi connectivity index (χ3v) is 7.92. The van der Waals surface area contributed by atoms with Gasteiger partial charge in [0.2, 0.25) is 11.9 Å². The number of carbonyl (C=O) groups excluding carboxylic acids is 2. The quantitative estimate of drug-likeness (QED) is 0.349. The number of pyridine rings is 1. The van der Waals surface area contributed by atoms with Crippen molar-refractivity contribution in [3.63, 3.8) is 0 Å². The highest BCUT2D eigenvalue weighted by Gasteiger charge is 2.35. The molecule has 2 amide bonds. The summed E-state index contributed by atoms with van der Waals surface area (Å²) in [6, 6.07) is 6.50. The zero-order valence-electron chi connectivity index (χ0n) is 22.5. The molecule has 1 fully saturated rings. The lowest BCUT2D eigenvalue weighted by atomic mass is 10.0. The Labute approximate surface area is 242 Å². The summed E-state index contributed by atoms with van der Waals surface area (Å²) in [4.78, 5) is 41.4. The van der Waals surface area contributed by atoms with Crippen LogP contribution in [0.2, 0.25) is 10.0 Å². The second-order valence-corrected chi connectivity index (χ2v) is 10.8. The lowest BCUT2D eigenvalue weighted by Crippen LogP contribution is -2.45. The summed E-state index contributed by atoms with van der Waals surface area (Å²) in [5, 5.41) is 10.1. The molecule has 0 unspecified atom stereocenters. The maximum atomic E-state index is 13.5. The molecule has 2 aliphatic heterocycles. The van der Waals surface area contributed by atoms with Gasteiger partial charge in [-0.1, -0.05) is 35.3 Å². The smallest absolute Gasteiger partial charge is 0.255 e. The Bertz CT molecular complexity index is 1430. The van der Waals surface area contributed by atoms with Gasteiger partial charge in [0.1, 0.15) is 11.9 Å². The van der Waals surface area contributed by atoms with E-state index in [1.165, 1.54) is 0 Å². The summed E-state index contributed by atoms with van der Waals surface area (Å²) in [6.07, 6.45) is 4.86. The Balaban J connectivity index is 1.30. The fraction of sp³-hybridized carbons (Fsp3) is 0.393. The van der Waals surface area contributed by atoms with Gasteiger partial charge in [0.25, 0.3) is 5.91 Å². The number of hydrogen-bond donors (Lipinski definition) is 3. The van der Waals surface area contributed by atoms with Gasteiger partial charge in [-0.25, -0.2) is 15.0 Å². The second kappa shape index (κ2) is 12.0. The maximum Gasteiger partial charge on any atom is 0.255 e. The second-order valence-electron chi connectivity index (χ2n) is 9.97. The number of aromatic nitrogens is 3. The number of anilines is 2. The Hall–Kier alpha value is -3.47. The monoisotopic (exact) mass is 583 g/mol. The van der Waals surface area contributed by atoms with E-state index in [0.29, 0.717) is 58.4 Å². The first-order valence-electron chi connectivity index (χ1n) is 13.2. The van der Waals surface area contributed by atoms with Gasteiger partial charge in [0, 0.05) is 50.2 Å². The minimum absolute atomic E-state index is 0.225. The number of carbonyl (C=O) groups is 2. The van der Waals surface area contributed by atoms with Crippen LogP contribution in [0.4, 0.5) is 11.8 Å². The predicted molar refractivity (Wildman–Crippen MR) is 155 cm³/mol. The van der Waals surface area contributed by atoms with Gasteiger partial charge < -0.3 is 25.6 Å². The molecule has 210 valence electrons. The van der Waals surface area contributed by atoms with Crippen molar-refractivity contribution in [1.29, 1.82) is 0 Å². The van der Waals surface area contributed by atoms with Crippen molar-refractivity contribution < 1.29 is 14.3 Å². The molecule has 5 rings (SSSR count). The van der Waals surface area contributed by atoms with Crippen LogP contribution in [-0.2, 0) is 16.1 Å². The van der Waals surface area contributed by atoms with Crippen LogP contribution >= 0.6 is 23.2 Å². The molecule has 10 nitrogen and oxygen atoms in total. The van der Waals surface area contributed by atoms with Crippen molar-refractivity contribution in [2.24, 2.45) is 0 Å². The molecule has 0 saturated carbocycles. The van der Waals surface area contributed by atoms with Gasteiger partial charge in [-0.3, -0.25) is 9.59 Å². The third kappa shape index (κ3) is 5.84. The molecule has 0 spiro atoms. The normalized spacial score (nSPS) is 16.8. The number of fused-ring (bicyclic) bond motifs is 1. The Morgan fingerprint density at radius 1 is 1.10 bits per heavy atom. The lowest BCUT2D eigenvalue weighted by Gasteiger charge is -2.25. The SMILES string of the molecule is CNc1cc([C@@H](C)NC(=O)[C@@H](C)N2Cc3ccc(-c4nc(NC5CCOCC5)ncc4Cl)cc3C2=O)c(Cl)cn1. The number of rotatable bonds is 8. The molecule has 0 aliphatic carbocycles. The zero-order valence-corrected chi connectivity index (χ0v) is 24.0. The highest BCUT2D eigenvalue weighted by atomic mass is 35.5. The highest BCUT2D eigenvalue weighted by molar-refractivity contribution is 6.33. The maximum absolute atomic E-state index is 13.5. The van der Waals surface area contributed by atoms with Crippen molar-refractivity contribution in [1.82, 2.24) is 25.2 Å². The van der Waals surface area contributed by atoms with E-state index < -0.39 is 6.04 Å². The van der Waals surface area contributed by atoms with Gasteiger partial charge in [-0.2, -0.15) is 0 Å². The summed E-state index contributed by atoms with van der Waals surface area (Å²) in [5.41, 5.74) is 3.33. The van der Waals surface area contributed by atoms with E-state index in [2.05, 4.69) is 30.9 Å². The number of benzene rings is 1. The molecule has 3 N–H and O–H groups in total. The first-order valence-corrected chi connectivity index (χ1v) is 14.0. The summed E-state index contributed by atoms with van der Waals surface area (Å²) >= 11 is 12.8.